The van der Waals surface area contributed by atoms with Gasteiger partial charge in [0.15, 0.2) is 5.78 Å². The lowest BCUT2D eigenvalue weighted by atomic mass is 9.91. The van der Waals surface area contributed by atoms with E-state index in [0.29, 0.717) is 11.9 Å². The number of aromatic nitrogens is 5. The second-order valence-corrected chi connectivity index (χ2v) is 10.6. The van der Waals surface area contributed by atoms with E-state index in [-0.39, 0.29) is 14.6 Å². The van der Waals surface area contributed by atoms with Crippen LogP contribution in [-0.2, 0) is 0 Å². The third-order valence-electron chi connectivity index (χ3n) is 8.14. The fourth-order valence-electron chi connectivity index (χ4n) is 5.83. The van der Waals surface area contributed by atoms with Gasteiger partial charge < -0.3 is 15.2 Å². The molecule has 6 rings (SSSR count). The lowest BCUT2D eigenvalue weighted by Crippen LogP contribution is -2.33. The van der Waals surface area contributed by atoms with Gasteiger partial charge in [-0.05, 0) is 69.4 Å². The summed E-state index contributed by atoms with van der Waals surface area (Å²) in [5.41, 5.74) is 4.48. The minimum Gasteiger partial charge on any atom is -0.354 e. The molecule has 4 aromatic rings. The fraction of sp³-hybridized carbons (Fsp3) is 0.500. The van der Waals surface area contributed by atoms with Crippen LogP contribution in [0.25, 0.3) is 27.7 Å². The molecular formula is C28H39N7O. The Kier molecular flexibility index (Phi) is 6.44. The van der Waals surface area contributed by atoms with Gasteiger partial charge in [-0.25, -0.2) is 9.50 Å². The zero-order valence-electron chi connectivity index (χ0n) is 21.0. The van der Waals surface area contributed by atoms with E-state index in [1.165, 1.54) is 25.7 Å². The van der Waals surface area contributed by atoms with Crippen molar-refractivity contribution < 1.29 is 7.65 Å². The summed E-state index contributed by atoms with van der Waals surface area (Å²) in [4.78, 5) is 28.4. The number of carbonyl (C=O) groups excluding carboxylic acids is 1. The molecule has 36 heavy (non-hydrogen) atoms. The van der Waals surface area contributed by atoms with Crippen molar-refractivity contribution in [2.75, 3.05) is 32.0 Å². The number of H-pyrrole nitrogens is 1. The van der Waals surface area contributed by atoms with Crippen LogP contribution in [0.4, 0.5) is 5.95 Å². The van der Waals surface area contributed by atoms with Gasteiger partial charge in [0.25, 0.3) is 0 Å². The van der Waals surface area contributed by atoms with E-state index < -0.39 is 0 Å². The van der Waals surface area contributed by atoms with Crippen LogP contribution >= 0.6 is 0 Å². The molecule has 2 aliphatic rings. The normalized spacial score (nSPS) is 18.6. The van der Waals surface area contributed by atoms with Gasteiger partial charge in [-0.2, -0.15) is 10.1 Å². The topological polar surface area (TPSA) is 91.2 Å². The number of piperidine rings is 1. The highest BCUT2D eigenvalue weighted by Gasteiger charge is 2.24. The number of hydrogen-bond acceptors (Lipinski definition) is 6. The number of rotatable bonds is 6. The second kappa shape index (κ2) is 10.0. The number of nitrogens with one attached hydrogen (secondary N) is 2. The van der Waals surface area contributed by atoms with Gasteiger partial charge in [-0.1, -0.05) is 25.7 Å². The van der Waals surface area contributed by atoms with E-state index in [4.69, 9.17) is 4.98 Å². The van der Waals surface area contributed by atoms with E-state index in [1.54, 1.807) is 6.20 Å². The SMILES string of the molecule is CN1CCC(CNc2ncc3c(-c4ccn5ncc(C(=O)C6CCCCCC6)c5c4)c[nH]c3n2)CC1.[HH].[HH]. The van der Waals surface area contributed by atoms with E-state index in [9.17, 15) is 4.79 Å². The number of ketones is 1. The molecule has 0 aromatic carbocycles. The highest BCUT2D eigenvalue weighted by molar-refractivity contribution is 6.04. The minimum absolute atomic E-state index is 0. The maximum Gasteiger partial charge on any atom is 0.224 e. The van der Waals surface area contributed by atoms with Gasteiger partial charge in [0, 0.05) is 44.9 Å². The first-order chi connectivity index (χ1) is 17.7. The Morgan fingerprint density at radius 2 is 1.94 bits per heavy atom. The summed E-state index contributed by atoms with van der Waals surface area (Å²) in [5.74, 6) is 1.69. The molecule has 0 bridgehead atoms. The van der Waals surface area contributed by atoms with Crippen LogP contribution in [0.2, 0.25) is 0 Å². The number of aromatic amines is 1. The number of fused-ring (bicyclic) bond motifs is 2. The molecule has 1 aliphatic carbocycles. The minimum atomic E-state index is 0. The maximum atomic E-state index is 13.4. The molecule has 5 heterocycles. The number of Topliss-reactive ketones (excluding diaryl/α,β-unsaturated/α-hetero) is 1. The van der Waals surface area contributed by atoms with Gasteiger partial charge in [-0.3, -0.25) is 4.79 Å². The van der Waals surface area contributed by atoms with Gasteiger partial charge in [0.2, 0.25) is 5.95 Å². The maximum absolute atomic E-state index is 13.4. The first-order valence-electron chi connectivity index (χ1n) is 13.4. The third kappa shape index (κ3) is 4.62. The van der Waals surface area contributed by atoms with Crippen LogP contribution in [0, 0.1) is 11.8 Å². The van der Waals surface area contributed by atoms with Crippen molar-refractivity contribution >= 4 is 28.3 Å². The second-order valence-electron chi connectivity index (χ2n) is 10.6. The number of nitrogens with zero attached hydrogens (tertiary/aromatic N) is 5. The smallest absolute Gasteiger partial charge is 0.224 e. The number of hydrogen-bond donors (Lipinski definition) is 2. The van der Waals surface area contributed by atoms with E-state index in [0.717, 1.165) is 78.6 Å². The zero-order chi connectivity index (χ0) is 24.5. The molecule has 4 aromatic heterocycles. The molecule has 2 fully saturated rings. The number of anilines is 1. The van der Waals surface area contributed by atoms with Crippen molar-refractivity contribution in [3.05, 3.63) is 42.5 Å². The Hall–Kier alpha value is -3.26. The molecule has 1 saturated carbocycles. The third-order valence-corrected chi connectivity index (χ3v) is 8.14. The Morgan fingerprint density at radius 1 is 1.14 bits per heavy atom. The Labute approximate surface area is 214 Å². The first kappa shape index (κ1) is 23.2. The van der Waals surface area contributed by atoms with E-state index in [1.807, 2.05) is 29.2 Å². The van der Waals surface area contributed by atoms with E-state index in [2.05, 4.69) is 38.4 Å². The molecule has 0 spiro atoms. The first-order valence-corrected chi connectivity index (χ1v) is 13.4. The summed E-state index contributed by atoms with van der Waals surface area (Å²) < 4.78 is 1.81. The van der Waals surface area contributed by atoms with Crippen LogP contribution in [0.3, 0.4) is 0 Å². The Morgan fingerprint density at radius 3 is 2.75 bits per heavy atom. The summed E-state index contributed by atoms with van der Waals surface area (Å²) >= 11 is 0. The summed E-state index contributed by atoms with van der Waals surface area (Å²) in [6.07, 6.45) is 16.7. The van der Waals surface area contributed by atoms with Crippen LogP contribution in [0.1, 0.15) is 64.6 Å². The summed E-state index contributed by atoms with van der Waals surface area (Å²) in [6.45, 7) is 3.21. The number of pyridine rings is 1. The molecular weight excluding hydrogens is 450 g/mol. The Balaban J connectivity index is 0.00000168. The zero-order valence-corrected chi connectivity index (χ0v) is 21.0. The number of likely N-dealkylation sites (tertiary alicyclic amines) is 1. The van der Waals surface area contributed by atoms with Crippen LogP contribution in [0.15, 0.2) is 36.9 Å². The molecule has 8 nitrogen and oxygen atoms in total. The quantitative estimate of drug-likeness (QED) is 0.268. The van der Waals surface area contributed by atoms with Crippen molar-refractivity contribution in [2.45, 2.75) is 51.4 Å². The predicted octanol–water partition coefficient (Wildman–Crippen LogP) is 5.67. The summed E-state index contributed by atoms with van der Waals surface area (Å²) in [5, 5.41) is 8.88. The highest BCUT2D eigenvalue weighted by atomic mass is 16.1. The van der Waals surface area contributed by atoms with Crippen LogP contribution in [0.5, 0.6) is 0 Å². The van der Waals surface area contributed by atoms with Gasteiger partial charge >= 0.3 is 0 Å². The average Bonchev–Trinajstić information content (AvgIpc) is 3.42. The molecule has 0 radical (unpaired) electrons. The van der Waals surface area contributed by atoms with Gasteiger partial charge in [0.1, 0.15) is 5.65 Å². The van der Waals surface area contributed by atoms with Crippen molar-refractivity contribution in [1.29, 1.82) is 0 Å². The van der Waals surface area contributed by atoms with Gasteiger partial charge in [-0.15, -0.1) is 0 Å². The molecule has 192 valence electrons. The molecule has 0 atom stereocenters. The van der Waals surface area contributed by atoms with Crippen molar-refractivity contribution in [1.82, 2.24) is 29.5 Å². The van der Waals surface area contributed by atoms with E-state index >= 15 is 0 Å². The molecule has 8 heteroatoms. The monoisotopic (exact) mass is 489 g/mol. The standard InChI is InChI=1S/C28H35N7O.2H2/c1-34-11-8-19(9-12-34)15-30-28-31-17-23-22(16-29-27(23)33-28)21-10-13-35-25(14-21)24(18-32-35)26(36)20-6-4-2-3-5-7-20;;/h10,13-14,16-20H,2-9,11-12,15H2,1H3,(H2,29,30,31,33);2*1H. The molecule has 0 unspecified atom stereocenters. The fourth-order valence-corrected chi connectivity index (χ4v) is 5.83. The van der Waals surface area contributed by atoms with Crippen LogP contribution < -0.4 is 5.32 Å². The largest absolute Gasteiger partial charge is 0.354 e. The molecule has 1 aliphatic heterocycles. The van der Waals surface area contributed by atoms with Gasteiger partial charge in [0.05, 0.1) is 17.3 Å². The van der Waals surface area contributed by atoms with Crippen molar-refractivity contribution in [2.24, 2.45) is 11.8 Å². The van der Waals surface area contributed by atoms with Crippen molar-refractivity contribution in [3.8, 4) is 11.1 Å². The van der Waals surface area contributed by atoms with Crippen LogP contribution in [-0.4, -0.2) is 61.9 Å². The molecule has 2 N–H and O–H groups in total. The van der Waals surface area contributed by atoms with Crippen molar-refractivity contribution in [3.63, 3.8) is 0 Å². The lowest BCUT2D eigenvalue weighted by molar-refractivity contribution is 0.0909. The Bertz CT molecular complexity index is 1370. The highest BCUT2D eigenvalue weighted by Crippen LogP contribution is 2.31. The predicted molar refractivity (Wildman–Crippen MR) is 147 cm³/mol. The average molecular weight is 490 g/mol. The summed E-state index contributed by atoms with van der Waals surface area (Å²) in [6, 6.07) is 4.11. The lowest BCUT2D eigenvalue weighted by Gasteiger charge is -2.28. The number of carbonyl (C=O) groups is 1. The molecule has 1 saturated heterocycles. The summed E-state index contributed by atoms with van der Waals surface area (Å²) in [7, 11) is 2.19. The molecule has 0 amide bonds.